The molecule has 5 aromatic rings. The quantitative estimate of drug-likeness (QED) is 0.0320. The number of aliphatic hydroxyl groups excluding tert-OH is 8. The molecule has 2 aromatic heterocycles. The summed E-state index contributed by atoms with van der Waals surface area (Å²) in [7, 11) is 0. The first kappa shape index (κ1) is 62.7. The molecule has 2 amide bonds. The number of hydrogen-bond donors (Lipinski definition) is 9. The summed E-state index contributed by atoms with van der Waals surface area (Å²) in [6, 6.07) is 20.2. The van der Waals surface area contributed by atoms with Gasteiger partial charge in [0.25, 0.3) is 5.91 Å². The highest BCUT2D eigenvalue weighted by Crippen LogP contribution is 2.42. The molecular formula is C58H73FN8O19. The van der Waals surface area contributed by atoms with Crippen LogP contribution in [0.15, 0.2) is 97.3 Å². The van der Waals surface area contributed by atoms with Gasteiger partial charge >= 0.3 is 5.97 Å². The van der Waals surface area contributed by atoms with Gasteiger partial charge in [0.1, 0.15) is 90.4 Å². The van der Waals surface area contributed by atoms with Crippen LogP contribution in [0, 0.1) is 11.7 Å². The van der Waals surface area contributed by atoms with Crippen LogP contribution in [0.1, 0.15) is 68.4 Å². The summed E-state index contributed by atoms with van der Waals surface area (Å²) >= 11 is 0. The Hall–Kier alpha value is -6.32. The van der Waals surface area contributed by atoms with Gasteiger partial charge < -0.3 is 89.0 Å². The number of likely N-dealkylation sites (tertiary alicyclic amines) is 1. The van der Waals surface area contributed by atoms with Crippen molar-refractivity contribution in [1.82, 2.24) is 40.2 Å². The van der Waals surface area contributed by atoms with E-state index in [-0.39, 0.29) is 49.6 Å². The number of benzene rings is 3. The number of carbonyl (C=O) groups is 3. The number of aromatic nitrogens is 6. The monoisotopic (exact) mass is 1200 g/mol. The van der Waals surface area contributed by atoms with Crippen LogP contribution < -0.4 is 5.32 Å². The molecule has 4 saturated heterocycles. The van der Waals surface area contributed by atoms with Gasteiger partial charge in [-0.3, -0.25) is 9.59 Å². The van der Waals surface area contributed by atoms with Crippen molar-refractivity contribution in [2.45, 2.75) is 162 Å². The minimum absolute atomic E-state index is 0.0883. The van der Waals surface area contributed by atoms with E-state index in [0.29, 0.717) is 36.3 Å². The third-order valence-electron chi connectivity index (χ3n) is 16.3. The standard InChI is InChI=1S/C58H73FN8O19/c1-3-12-39(54(77)65-20-11-21-65)81-51-46(72)42(29-69)84-58(52(51)85-55(78)32-15-8-5-9-16-32)82-40-25-34(24-38(66-26-36(61-63-66)31-13-6-4-7-14-31)50(40)86-57-49(75)48(74)44(70)30(2)80-57)53(76)60-19-22-79-56-47(73)43(45(71)41(28-68)83-56)67-27-37(62-64-67)33-17-10-18-35(59)23-33/h4-10,13-18,23,26-27,30,34,38-52,56-58,68-75H,3,11-12,19-22,24-25,28-29H2,1-2H3,(H,60,76)/t30?,34?,38?,39-,40+,41?,42?,43?,44+,45+,46-,47?,48?,49?,50?,51?,52?,56-,57-,58+/m0/s1. The van der Waals surface area contributed by atoms with Gasteiger partial charge in [-0.2, -0.15) is 0 Å². The average molecular weight is 1210 g/mol. The van der Waals surface area contributed by atoms with Gasteiger partial charge in [-0.1, -0.05) is 84.4 Å². The summed E-state index contributed by atoms with van der Waals surface area (Å²) < 4.78 is 67.1. The molecule has 0 bridgehead atoms. The number of halogens is 1. The van der Waals surface area contributed by atoms with Crippen LogP contribution in [0.5, 0.6) is 0 Å². The second-order valence-electron chi connectivity index (χ2n) is 22.1. The number of amides is 2. The van der Waals surface area contributed by atoms with E-state index in [1.807, 2.05) is 13.0 Å². The molecule has 5 fully saturated rings. The highest BCUT2D eigenvalue weighted by molar-refractivity contribution is 5.89. The average Bonchev–Trinajstić information content (AvgIpc) is 1.46. The zero-order valence-corrected chi connectivity index (χ0v) is 47.1. The second kappa shape index (κ2) is 28.2. The highest BCUT2D eigenvalue weighted by atomic mass is 19.1. The molecule has 6 heterocycles. The maximum absolute atomic E-state index is 14.8. The second-order valence-corrected chi connectivity index (χ2v) is 22.1. The Morgan fingerprint density at radius 1 is 0.709 bits per heavy atom. The molecule has 20 atom stereocenters. The Kier molecular flexibility index (Phi) is 20.6. The summed E-state index contributed by atoms with van der Waals surface area (Å²) in [5.74, 6) is -3.41. The van der Waals surface area contributed by atoms with E-state index in [9.17, 15) is 59.6 Å². The van der Waals surface area contributed by atoms with Crippen molar-refractivity contribution in [3.05, 3.63) is 109 Å². The van der Waals surface area contributed by atoms with Crippen molar-refractivity contribution in [1.29, 1.82) is 0 Å². The lowest BCUT2D eigenvalue weighted by Crippen LogP contribution is -2.64. The molecule has 4 aliphatic heterocycles. The molecule has 466 valence electrons. The number of carbonyl (C=O) groups excluding carboxylic acids is 3. The molecule has 5 aliphatic rings. The van der Waals surface area contributed by atoms with E-state index in [1.54, 1.807) is 59.6 Å². The molecule has 9 N–H and O–H groups in total. The largest absolute Gasteiger partial charge is 0.450 e. The lowest BCUT2D eigenvalue weighted by molar-refractivity contribution is -0.348. The summed E-state index contributed by atoms with van der Waals surface area (Å²) in [6.45, 7) is 2.26. The Balaban J connectivity index is 0.957. The normalized spacial score (nSPS) is 33.3. The van der Waals surface area contributed by atoms with Crippen LogP contribution in [0.3, 0.4) is 0 Å². The van der Waals surface area contributed by atoms with Gasteiger partial charge in [0.15, 0.2) is 25.0 Å². The van der Waals surface area contributed by atoms with E-state index in [2.05, 4.69) is 25.9 Å². The van der Waals surface area contributed by atoms with Gasteiger partial charge in [0.2, 0.25) is 5.91 Å². The lowest BCUT2D eigenvalue weighted by Gasteiger charge is -2.48. The number of nitrogens with zero attached hydrogens (tertiary/aromatic N) is 7. The van der Waals surface area contributed by atoms with Gasteiger partial charge in [-0.25, -0.2) is 18.5 Å². The first-order valence-corrected chi connectivity index (χ1v) is 28.9. The van der Waals surface area contributed by atoms with Gasteiger partial charge in [-0.15, -0.1) is 10.2 Å². The molecule has 28 heteroatoms. The first-order chi connectivity index (χ1) is 41.5. The molecule has 86 heavy (non-hydrogen) atoms. The summed E-state index contributed by atoms with van der Waals surface area (Å²) in [6.07, 6.45) is -21.8. The van der Waals surface area contributed by atoms with E-state index < -0.39 is 153 Å². The fourth-order valence-electron chi connectivity index (χ4n) is 11.5. The molecule has 3 aromatic carbocycles. The smallest absolute Gasteiger partial charge is 0.338 e. The summed E-state index contributed by atoms with van der Waals surface area (Å²) in [5, 5.41) is 109. The molecule has 0 spiro atoms. The van der Waals surface area contributed by atoms with Crippen molar-refractivity contribution in [2.24, 2.45) is 5.92 Å². The van der Waals surface area contributed by atoms with E-state index in [0.717, 1.165) is 6.42 Å². The van der Waals surface area contributed by atoms with Crippen molar-refractivity contribution < 1.29 is 97.5 Å². The number of esters is 1. The minimum Gasteiger partial charge on any atom is -0.450 e. The molecule has 0 radical (unpaired) electrons. The molecule has 10 rings (SSSR count). The number of rotatable bonds is 22. The van der Waals surface area contributed by atoms with Gasteiger partial charge in [0, 0.05) is 36.7 Å². The van der Waals surface area contributed by atoms with Gasteiger partial charge in [0.05, 0.1) is 56.0 Å². The van der Waals surface area contributed by atoms with Crippen LogP contribution in [0.2, 0.25) is 0 Å². The molecule has 27 nitrogen and oxygen atoms in total. The predicted octanol–water partition coefficient (Wildman–Crippen LogP) is -0.205. The van der Waals surface area contributed by atoms with Crippen molar-refractivity contribution in [3.8, 4) is 22.5 Å². The van der Waals surface area contributed by atoms with Crippen molar-refractivity contribution in [3.63, 3.8) is 0 Å². The van der Waals surface area contributed by atoms with E-state index in [1.165, 1.54) is 52.8 Å². The fraction of sp³-hybridized carbons (Fsp3) is 0.569. The zero-order chi connectivity index (χ0) is 60.8. The number of ether oxygens (including phenoxy) is 8. The Bertz CT molecular complexity index is 3020. The number of hydrogen-bond acceptors (Lipinski definition) is 23. The molecule has 1 saturated carbocycles. The van der Waals surface area contributed by atoms with Crippen LogP contribution in [-0.4, -0.2) is 237 Å². The van der Waals surface area contributed by atoms with Crippen molar-refractivity contribution >= 4 is 17.8 Å². The summed E-state index contributed by atoms with van der Waals surface area (Å²) in [5.41, 5.74) is 1.78. The fourth-order valence-corrected chi connectivity index (χ4v) is 11.5. The van der Waals surface area contributed by atoms with E-state index >= 15 is 0 Å². The van der Waals surface area contributed by atoms with Gasteiger partial charge in [-0.05, 0) is 56.9 Å². The Labute approximate surface area is 493 Å². The SMILES string of the molecule is CCC[C@H](OC1C(OC(=O)c2ccccc2)[C@H](O[C@@H]2CC(C(=O)NCCO[C@H]3OC(CO)[C@@H](O)C(n4cc(-c5cccc(F)c5)nn4)C3O)CC(n3cc(-c4ccccc4)nn3)C2O[C@@H]2OC(C)[C@@H](O)C(O)C2O)OC(CO)[C@@H]1O)C(=O)N1CCC1. The maximum Gasteiger partial charge on any atom is 0.338 e. The summed E-state index contributed by atoms with van der Waals surface area (Å²) in [4.78, 5) is 44.5. The van der Waals surface area contributed by atoms with Crippen molar-refractivity contribution in [2.75, 3.05) is 39.5 Å². The third kappa shape index (κ3) is 13.8. The van der Waals surface area contributed by atoms with Crippen LogP contribution in [0.4, 0.5) is 4.39 Å². The van der Waals surface area contributed by atoms with Crippen LogP contribution >= 0.6 is 0 Å². The minimum atomic E-state index is -1.84. The Morgan fingerprint density at radius 2 is 1.37 bits per heavy atom. The lowest BCUT2D eigenvalue weighted by atomic mass is 9.80. The highest BCUT2D eigenvalue weighted by Gasteiger charge is 2.55. The zero-order valence-electron chi connectivity index (χ0n) is 47.1. The number of nitrogens with one attached hydrogen (secondary N) is 1. The molecule has 1 aliphatic carbocycles. The topological polar surface area (TPSA) is 364 Å². The van der Waals surface area contributed by atoms with Crippen LogP contribution in [-0.2, 0) is 47.5 Å². The predicted molar refractivity (Wildman–Crippen MR) is 293 cm³/mol. The third-order valence-corrected chi connectivity index (χ3v) is 16.3. The number of aliphatic hydroxyl groups is 8. The van der Waals surface area contributed by atoms with E-state index in [4.69, 9.17) is 37.9 Å². The maximum atomic E-state index is 14.8. The Morgan fingerprint density at radius 3 is 2.06 bits per heavy atom. The first-order valence-electron chi connectivity index (χ1n) is 28.9. The molecule has 12 unspecified atom stereocenters. The molecular weight excluding hydrogens is 1130 g/mol. The van der Waals surface area contributed by atoms with Crippen LogP contribution in [0.25, 0.3) is 22.5 Å².